The van der Waals surface area contributed by atoms with Crippen molar-refractivity contribution < 1.29 is 9.53 Å². The molecule has 0 spiro atoms. The van der Waals surface area contributed by atoms with Gasteiger partial charge in [-0.05, 0) is 25.3 Å². The summed E-state index contributed by atoms with van der Waals surface area (Å²) in [6.07, 6.45) is 4.01. The van der Waals surface area contributed by atoms with Gasteiger partial charge in [0, 0.05) is 18.4 Å². The summed E-state index contributed by atoms with van der Waals surface area (Å²) in [6, 6.07) is 8.08. The monoisotopic (exact) mass is 270 g/mol. The van der Waals surface area contributed by atoms with Gasteiger partial charge in [0.05, 0.1) is 29.8 Å². The average Bonchev–Trinajstić information content (AvgIpc) is 3.15. The summed E-state index contributed by atoms with van der Waals surface area (Å²) < 4.78 is 7.65. The van der Waals surface area contributed by atoms with Crippen molar-refractivity contribution >= 4 is 16.7 Å². The molecule has 3 atom stereocenters. The van der Waals surface area contributed by atoms with Gasteiger partial charge in [-0.1, -0.05) is 18.2 Å². The topological polar surface area (TPSA) is 44.1 Å². The van der Waals surface area contributed by atoms with Gasteiger partial charge in [0.25, 0.3) is 0 Å². The van der Waals surface area contributed by atoms with E-state index in [2.05, 4.69) is 5.10 Å². The predicted molar refractivity (Wildman–Crippen MR) is 75.4 cm³/mol. The van der Waals surface area contributed by atoms with Crippen molar-refractivity contribution in [2.24, 2.45) is 13.0 Å². The minimum atomic E-state index is 0.0921. The second-order valence-electron chi connectivity index (χ2n) is 5.95. The number of aryl methyl sites for hydroxylation is 1. The van der Waals surface area contributed by atoms with Crippen LogP contribution in [-0.2, 0) is 23.0 Å². The molecule has 2 fully saturated rings. The minimum Gasteiger partial charge on any atom is -0.374 e. The Balaban J connectivity index is 1.60. The maximum atomic E-state index is 12.5. The molecule has 3 unspecified atom stereocenters. The van der Waals surface area contributed by atoms with E-state index in [1.807, 2.05) is 36.0 Å². The number of fused-ring (bicyclic) bond motifs is 3. The number of hydrogen-bond acceptors (Lipinski definition) is 3. The number of Topliss-reactive ketones (excluding diaryl/α,β-unsaturated/α-hetero) is 1. The third-order valence-electron chi connectivity index (χ3n) is 4.70. The molecular formula is C16H18N2O2. The zero-order chi connectivity index (χ0) is 13.7. The summed E-state index contributed by atoms with van der Waals surface area (Å²) in [6.45, 7) is 0. The highest BCUT2D eigenvalue weighted by Crippen LogP contribution is 2.39. The molecule has 0 saturated carbocycles. The van der Waals surface area contributed by atoms with Gasteiger partial charge < -0.3 is 4.74 Å². The van der Waals surface area contributed by atoms with Crippen LogP contribution >= 0.6 is 0 Å². The zero-order valence-electron chi connectivity index (χ0n) is 11.6. The Labute approximate surface area is 117 Å². The normalized spacial score (nSPS) is 28.4. The van der Waals surface area contributed by atoms with Crippen LogP contribution in [0, 0.1) is 5.92 Å². The molecule has 0 amide bonds. The number of aromatic nitrogens is 2. The lowest BCUT2D eigenvalue weighted by Gasteiger charge is -2.16. The molecule has 4 rings (SSSR count). The molecule has 0 radical (unpaired) electrons. The van der Waals surface area contributed by atoms with Crippen LogP contribution in [0.2, 0.25) is 0 Å². The van der Waals surface area contributed by atoms with Gasteiger partial charge in [0.15, 0.2) is 0 Å². The summed E-state index contributed by atoms with van der Waals surface area (Å²) in [5, 5.41) is 5.61. The number of rotatable bonds is 3. The van der Waals surface area contributed by atoms with E-state index in [0.29, 0.717) is 18.3 Å². The molecule has 20 heavy (non-hydrogen) atoms. The molecule has 2 aliphatic rings. The molecule has 104 valence electrons. The van der Waals surface area contributed by atoms with Gasteiger partial charge in [-0.3, -0.25) is 9.48 Å². The Morgan fingerprint density at radius 2 is 2.25 bits per heavy atom. The second kappa shape index (κ2) is 4.42. The number of nitrogens with zero attached hydrogens (tertiary/aromatic N) is 2. The van der Waals surface area contributed by atoms with E-state index in [0.717, 1.165) is 35.9 Å². The van der Waals surface area contributed by atoms with Crippen LogP contribution in [0.5, 0.6) is 0 Å². The van der Waals surface area contributed by atoms with Gasteiger partial charge in [-0.15, -0.1) is 0 Å². The number of para-hydroxylation sites is 1. The van der Waals surface area contributed by atoms with Crippen LogP contribution in [0.25, 0.3) is 10.9 Å². The summed E-state index contributed by atoms with van der Waals surface area (Å²) >= 11 is 0. The number of ether oxygens (including phenoxy) is 1. The number of ketones is 1. The highest BCUT2D eigenvalue weighted by atomic mass is 16.5. The van der Waals surface area contributed by atoms with Crippen molar-refractivity contribution in [2.45, 2.75) is 37.9 Å². The van der Waals surface area contributed by atoms with Crippen molar-refractivity contribution in [3.8, 4) is 0 Å². The van der Waals surface area contributed by atoms with Gasteiger partial charge >= 0.3 is 0 Å². The van der Waals surface area contributed by atoms with E-state index in [1.165, 1.54) is 0 Å². The molecular weight excluding hydrogens is 252 g/mol. The van der Waals surface area contributed by atoms with Gasteiger partial charge in [0.2, 0.25) is 0 Å². The molecule has 4 nitrogen and oxygen atoms in total. The Hall–Kier alpha value is -1.68. The van der Waals surface area contributed by atoms with Gasteiger partial charge in [-0.2, -0.15) is 5.10 Å². The first-order valence-electron chi connectivity index (χ1n) is 7.31. The van der Waals surface area contributed by atoms with Crippen molar-refractivity contribution in [3.05, 3.63) is 30.0 Å². The molecule has 2 bridgehead atoms. The quantitative estimate of drug-likeness (QED) is 0.859. The summed E-state index contributed by atoms with van der Waals surface area (Å²) in [4.78, 5) is 12.5. The molecule has 3 heterocycles. The standard InChI is InChI=1S/C16H18N2O2/c1-18-14-5-3-2-4-11(14)13(17-18)9-15(19)12-8-10-6-7-16(12)20-10/h2-5,10,12,16H,6-9H2,1H3. The molecule has 1 aromatic heterocycles. The largest absolute Gasteiger partial charge is 0.374 e. The minimum absolute atomic E-state index is 0.0921. The maximum absolute atomic E-state index is 12.5. The highest BCUT2D eigenvalue weighted by Gasteiger charge is 2.44. The first-order valence-corrected chi connectivity index (χ1v) is 7.31. The number of carbonyl (C=O) groups excluding carboxylic acids is 1. The van der Waals surface area contributed by atoms with Crippen molar-refractivity contribution in [3.63, 3.8) is 0 Å². The lowest BCUT2D eigenvalue weighted by molar-refractivity contribution is -0.123. The fourth-order valence-electron chi connectivity index (χ4n) is 3.69. The maximum Gasteiger partial charge on any atom is 0.144 e. The zero-order valence-corrected chi connectivity index (χ0v) is 11.6. The van der Waals surface area contributed by atoms with Crippen molar-refractivity contribution in [2.75, 3.05) is 0 Å². The molecule has 0 aliphatic carbocycles. The highest BCUT2D eigenvalue weighted by molar-refractivity contribution is 5.90. The van der Waals surface area contributed by atoms with Gasteiger partial charge in [0.1, 0.15) is 5.78 Å². The number of carbonyl (C=O) groups is 1. The lowest BCUT2D eigenvalue weighted by Crippen LogP contribution is -2.26. The second-order valence-corrected chi connectivity index (χ2v) is 5.95. The van der Waals surface area contributed by atoms with Crippen LogP contribution in [0.4, 0.5) is 0 Å². The SMILES string of the molecule is Cn1nc(CC(=O)C2CC3CCC2O3)c2ccccc21. The van der Waals surface area contributed by atoms with Crippen molar-refractivity contribution in [1.29, 1.82) is 0 Å². The number of hydrogen-bond donors (Lipinski definition) is 0. The Bertz CT molecular complexity index is 676. The third kappa shape index (κ3) is 1.79. The van der Waals surface area contributed by atoms with E-state index in [9.17, 15) is 4.79 Å². The fourth-order valence-corrected chi connectivity index (χ4v) is 3.69. The van der Waals surface area contributed by atoms with E-state index in [-0.39, 0.29) is 12.0 Å². The predicted octanol–water partition coefficient (Wildman–Crippen LogP) is 2.25. The average molecular weight is 270 g/mol. The first-order chi connectivity index (χ1) is 9.72. The summed E-state index contributed by atoms with van der Waals surface area (Å²) in [5.74, 6) is 0.385. The molecule has 2 aliphatic heterocycles. The van der Waals surface area contributed by atoms with Gasteiger partial charge in [-0.25, -0.2) is 0 Å². The van der Waals surface area contributed by atoms with E-state index < -0.39 is 0 Å². The molecule has 2 saturated heterocycles. The van der Waals surface area contributed by atoms with E-state index >= 15 is 0 Å². The summed E-state index contributed by atoms with van der Waals surface area (Å²) in [5.41, 5.74) is 1.98. The Morgan fingerprint density at radius 1 is 1.40 bits per heavy atom. The Kier molecular flexibility index (Phi) is 2.67. The lowest BCUT2D eigenvalue weighted by atomic mass is 9.84. The molecule has 0 N–H and O–H groups in total. The molecule has 1 aromatic carbocycles. The van der Waals surface area contributed by atoms with Crippen LogP contribution in [0.3, 0.4) is 0 Å². The molecule has 4 heteroatoms. The number of benzene rings is 1. The molecule has 2 aromatic rings. The van der Waals surface area contributed by atoms with Crippen LogP contribution in [0.15, 0.2) is 24.3 Å². The van der Waals surface area contributed by atoms with Crippen LogP contribution < -0.4 is 0 Å². The third-order valence-corrected chi connectivity index (χ3v) is 4.70. The summed E-state index contributed by atoms with van der Waals surface area (Å²) in [7, 11) is 1.93. The van der Waals surface area contributed by atoms with Crippen LogP contribution in [0.1, 0.15) is 25.0 Å². The Morgan fingerprint density at radius 3 is 3.00 bits per heavy atom. The van der Waals surface area contributed by atoms with E-state index in [4.69, 9.17) is 4.74 Å². The van der Waals surface area contributed by atoms with Crippen molar-refractivity contribution in [1.82, 2.24) is 9.78 Å². The smallest absolute Gasteiger partial charge is 0.144 e. The first kappa shape index (κ1) is 12.1. The fraction of sp³-hybridized carbons (Fsp3) is 0.500. The van der Waals surface area contributed by atoms with Crippen LogP contribution in [-0.4, -0.2) is 27.8 Å². The van der Waals surface area contributed by atoms with E-state index in [1.54, 1.807) is 0 Å².